The van der Waals surface area contributed by atoms with Crippen LogP contribution in [-0.2, 0) is 28.2 Å². The average Bonchev–Trinajstić information content (AvgIpc) is 3.50. The Morgan fingerprint density at radius 2 is 1.19 bits per heavy atom. The Labute approximate surface area is 371 Å². The molecule has 62 heavy (non-hydrogen) atoms. The third-order valence-corrected chi connectivity index (χ3v) is 15.1. The van der Waals surface area contributed by atoms with Crippen LogP contribution in [0.25, 0.3) is 27.5 Å². The molecule has 1 aromatic heterocycles. The Bertz CT molecular complexity index is 2650. The largest absolute Gasteiger partial charge is 0.507 e. The van der Waals surface area contributed by atoms with Gasteiger partial charge in [0, 0.05) is 34.2 Å². The maximum atomic E-state index is 12.7. The zero-order valence-corrected chi connectivity index (χ0v) is 39.6. The number of hydrogen-bond donors (Lipinski definition) is 2. The van der Waals surface area contributed by atoms with Crippen LogP contribution in [0.2, 0.25) is 0 Å². The van der Waals surface area contributed by atoms with E-state index in [1.54, 1.807) is 0 Å². The summed E-state index contributed by atoms with van der Waals surface area (Å²) in [7, 11) is 4.41. The molecule has 1 heterocycles. The van der Waals surface area contributed by atoms with E-state index in [0.29, 0.717) is 22.5 Å². The van der Waals surface area contributed by atoms with E-state index >= 15 is 0 Å². The number of rotatable bonds is 7. The highest BCUT2D eigenvalue weighted by molar-refractivity contribution is 6.10. The monoisotopic (exact) mass is 829 g/mol. The predicted octanol–water partition coefficient (Wildman–Crippen LogP) is 14.4. The van der Waals surface area contributed by atoms with Crippen molar-refractivity contribution >= 4 is 39.4 Å². The van der Waals surface area contributed by atoms with E-state index < -0.39 is 0 Å². The Morgan fingerprint density at radius 3 is 1.73 bits per heavy atom. The lowest BCUT2D eigenvalue weighted by atomic mass is 9.48. The summed E-state index contributed by atoms with van der Waals surface area (Å²) in [5, 5.41) is 27.1. The molecular weight excluding hydrogens is 759 g/mol. The number of phenolic OH excluding ortho intramolecular Hbond substituents is 2. The highest BCUT2D eigenvalue weighted by atomic mass is 16.3. The van der Waals surface area contributed by atoms with Gasteiger partial charge in [0.05, 0.1) is 36.4 Å². The number of nitrogens with zero attached hydrogens (tertiary/aromatic N) is 3. The van der Waals surface area contributed by atoms with Crippen LogP contribution >= 0.6 is 0 Å². The molecule has 6 aromatic rings. The highest BCUT2D eigenvalue weighted by Gasteiger charge is 2.52. The number of fused-ring (bicyclic) bond motifs is 3. The summed E-state index contributed by atoms with van der Waals surface area (Å²) in [6, 6.07) is 30.9. The molecule has 0 saturated heterocycles. The van der Waals surface area contributed by atoms with Crippen molar-refractivity contribution in [2.24, 2.45) is 22.7 Å². The standard InChI is InChI=1S/C57H69N3O2/c1-35-21-39(52(61)46(22-35)57-30-36-23-37(31-57)25-38(24-36)32-57)33-58-47-15-13-14-16-51(47)60(11,12)34-40-26-43(56(8,9)10)29-50(53(40)62)59-48-19-17-41(54(2,3)4)27-44(48)45-28-42(55(5,6)7)18-20-49(45)59/h13-22,26-29,33,36-38H,23-25,30-32,34H2,1-12H3,(H-,58,61,62)/p+1. The van der Waals surface area contributed by atoms with Gasteiger partial charge in [-0.05, 0) is 156 Å². The van der Waals surface area contributed by atoms with Crippen LogP contribution in [0.5, 0.6) is 11.5 Å². The fourth-order valence-electron chi connectivity index (χ4n) is 12.1. The van der Waals surface area contributed by atoms with Gasteiger partial charge in [-0.1, -0.05) is 92.6 Å². The molecule has 4 aliphatic carbocycles. The average molecular weight is 829 g/mol. The number of hydrogen-bond acceptors (Lipinski definition) is 3. The number of aryl methyl sites for hydroxylation is 1. The lowest BCUT2D eigenvalue weighted by Crippen LogP contribution is -2.48. The van der Waals surface area contributed by atoms with E-state index in [-0.39, 0.29) is 21.7 Å². The summed E-state index contributed by atoms with van der Waals surface area (Å²) < 4.78 is 2.76. The van der Waals surface area contributed by atoms with Crippen LogP contribution in [0.1, 0.15) is 140 Å². The van der Waals surface area contributed by atoms with Crippen molar-refractivity contribution in [3.8, 4) is 17.2 Å². The second-order valence-electron chi connectivity index (χ2n) is 23.6. The minimum absolute atomic E-state index is 0.00696. The molecule has 0 spiro atoms. The number of aromatic nitrogens is 1. The summed E-state index contributed by atoms with van der Waals surface area (Å²) >= 11 is 0. The van der Waals surface area contributed by atoms with E-state index in [4.69, 9.17) is 4.99 Å². The molecule has 4 aliphatic rings. The third-order valence-electron chi connectivity index (χ3n) is 15.1. The first-order valence-electron chi connectivity index (χ1n) is 23.3. The molecule has 5 heteroatoms. The van der Waals surface area contributed by atoms with Gasteiger partial charge >= 0.3 is 0 Å². The molecule has 2 N–H and O–H groups in total. The van der Waals surface area contributed by atoms with E-state index in [0.717, 1.165) is 62.5 Å². The fourth-order valence-corrected chi connectivity index (χ4v) is 12.1. The maximum Gasteiger partial charge on any atom is 0.158 e. The Morgan fingerprint density at radius 1 is 0.661 bits per heavy atom. The number of quaternary nitrogens is 1. The second-order valence-corrected chi connectivity index (χ2v) is 23.6. The molecule has 0 atom stereocenters. The maximum absolute atomic E-state index is 12.7. The van der Waals surface area contributed by atoms with Gasteiger partial charge in [0.2, 0.25) is 0 Å². The van der Waals surface area contributed by atoms with Gasteiger partial charge in [-0.25, -0.2) is 4.99 Å². The van der Waals surface area contributed by atoms with E-state index in [1.807, 2.05) is 12.3 Å². The zero-order valence-electron chi connectivity index (χ0n) is 39.6. The molecule has 0 aliphatic heterocycles. The lowest BCUT2D eigenvalue weighted by Gasteiger charge is -2.57. The van der Waals surface area contributed by atoms with E-state index in [1.165, 1.54) is 71.6 Å². The first kappa shape index (κ1) is 42.4. The number of aliphatic imine (C=N–C) groups is 1. The van der Waals surface area contributed by atoms with Crippen LogP contribution in [0.15, 0.2) is 89.9 Å². The SMILES string of the molecule is Cc1cc(C=Nc2ccccc2[N+](C)(C)Cc2cc(C(C)(C)C)cc(-n3c4ccc(C(C)(C)C)cc4c4cc(C(C)(C)C)ccc43)c2O)c(O)c(C23CC4CC(CC(C4)C2)C3)c1. The molecule has 324 valence electrons. The summed E-state index contributed by atoms with van der Waals surface area (Å²) in [4.78, 5) is 5.16. The Balaban J connectivity index is 1.12. The molecule has 5 nitrogen and oxygen atoms in total. The van der Waals surface area contributed by atoms with Crippen molar-refractivity contribution in [3.05, 3.63) is 124 Å². The van der Waals surface area contributed by atoms with Gasteiger partial charge in [0.15, 0.2) is 5.69 Å². The molecule has 5 aromatic carbocycles. The highest BCUT2D eigenvalue weighted by Crippen LogP contribution is 2.62. The van der Waals surface area contributed by atoms with Crippen molar-refractivity contribution in [3.63, 3.8) is 0 Å². The van der Waals surface area contributed by atoms with Gasteiger partial charge in [-0.15, -0.1) is 0 Å². The molecule has 10 rings (SSSR count). The predicted molar refractivity (Wildman–Crippen MR) is 262 cm³/mol. The number of phenols is 2. The van der Waals surface area contributed by atoms with Crippen LogP contribution in [0, 0.1) is 24.7 Å². The second kappa shape index (κ2) is 14.6. The summed E-state index contributed by atoms with van der Waals surface area (Å²) in [6.07, 6.45) is 9.64. The zero-order chi connectivity index (χ0) is 44.3. The number of aromatic hydroxyl groups is 2. The van der Waals surface area contributed by atoms with Crippen LogP contribution < -0.4 is 4.48 Å². The van der Waals surface area contributed by atoms with Gasteiger partial charge in [0.25, 0.3) is 0 Å². The van der Waals surface area contributed by atoms with Gasteiger partial charge in [-0.2, -0.15) is 0 Å². The van der Waals surface area contributed by atoms with Gasteiger partial charge in [-0.3, -0.25) is 4.48 Å². The van der Waals surface area contributed by atoms with E-state index in [9.17, 15) is 10.2 Å². The molecule has 0 radical (unpaired) electrons. The van der Waals surface area contributed by atoms with Crippen LogP contribution in [0.4, 0.5) is 11.4 Å². The van der Waals surface area contributed by atoms with Crippen molar-refractivity contribution in [1.82, 2.24) is 9.05 Å². The summed E-state index contributed by atoms with van der Waals surface area (Å²) in [5.41, 5.74) is 12.6. The third kappa shape index (κ3) is 7.46. The fraction of sp³-hybridized carbons (Fsp3) is 0.456. The van der Waals surface area contributed by atoms with Crippen LogP contribution in [-0.4, -0.2) is 35.1 Å². The molecule has 4 bridgehead atoms. The normalized spacial score (nSPS) is 21.8. The molecule has 4 saturated carbocycles. The molecule has 0 amide bonds. The van der Waals surface area contributed by atoms with Gasteiger partial charge in [0.1, 0.15) is 23.7 Å². The summed E-state index contributed by atoms with van der Waals surface area (Å²) in [6.45, 7) is 23.1. The Hall–Kier alpha value is -4.87. The topological polar surface area (TPSA) is 57.8 Å². The van der Waals surface area contributed by atoms with Crippen molar-refractivity contribution < 1.29 is 10.2 Å². The smallest absolute Gasteiger partial charge is 0.158 e. The lowest BCUT2D eigenvalue weighted by molar-refractivity contribution is -0.00616. The number of para-hydroxylation sites is 2. The van der Waals surface area contributed by atoms with Crippen molar-refractivity contribution in [2.75, 3.05) is 14.1 Å². The Kier molecular flexibility index (Phi) is 9.99. The molecular formula is C57H70N3O2+. The number of benzene rings is 5. The van der Waals surface area contributed by atoms with E-state index in [2.05, 4.69) is 167 Å². The minimum Gasteiger partial charge on any atom is -0.507 e. The van der Waals surface area contributed by atoms with Crippen LogP contribution in [0.3, 0.4) is 0 Å². The molecule has 0 unspecified atom stereocenters. The first-order valence-corrected chi connectivity index (χ1v) is 23.3. The minimum atomic E-state index is -0.168. The van der Waals surface area contributed by atoms with Crippen molar-refractivity contribution in [1.29, 1.82) is 0 Å². The quantitative estimate of drug-likeness (QED) is 0.124. The first-order chi connectivity index (χ1) is 29.0. The van der Waals surface area contributed by atoms with Crippen molar-refractivity contribution in [2.45, 2.75) is 136 Å². The van der Waals surface area contributed by atoms with Gasteiger partial charge < -0.3 is 14.8 Å². The summed E-state index contributed by atoms with van der Waals surface area (Å²) in [5.74, 6) is 3.11. The molecule has 4 fully saturated rings.